The fourth-order valence-electron chi connectivity index (χ4n) is 9.98. The van der Waals surface area contributed by atoms with E-state index < -0.39 is 0 Å². The first kappa shape index (κ1) is 27.3. The Balaban J connectivity index is 1.06. The van der Waals surface area contributed by atoms with E-state index in [0.29, 0.717) is 12.1 Å². The Morgan fingerprint density at radius 3 is 2.38 bits per heavy atom. The molecule has 3 saturated heterocycles. The van der Waals surface area contributed by atoms with Crippen LogP contribution in [0.25, 0.3) is 11.0 Å². The molecule has 0 radical (unpaired) electrons. The predicted molar refractivity (Wildman–Crippen MR) is 166 cm³/mol. The lowest BCUT2D eigenvalue weighted by molar-refractivity contribution is -0.0425. The standard InChI is InChI=1S/C35H50N6O/c1-38-14-13-36-35(38)23-39-15-16-42-24-31(39)22-34-37-32-11-4-5-12-33(32)41(34)30-20-27-9-6-10-28(21-30)40(27)29-18-25-7-2-3-8-26(17-25)19-29/h4-5,11-14,25-31H,2-3,6-10,15-24H2,1H3/t25-,26+,27-,28+,29+,30-,31-/m1/s1. The van der Waals surface area contributed by atoms with Crippen molar-refractivity contribution in [2.45, 2.75) is 120 Å². The van der Waals surface area contributed by atoms with Crippen LogP contribution in [-0.4, -0.2) is 72.8 Å². The Hall–Kier alpha value is -2.22. The molecule has 7 nitrogen and oxygen atoms in total. The normalized spacial score (nSPS) is 34.5. The zero-order valence-corrected chi connectivity index (χ0v) is 25.6. The number of para-hydroxylation sites is 2. The van der Waals surface area contributed by atoms with Crippen LogP contribution in [0.2, 0.25) is 0 Å². The van der Waals surface area contributed by atoms with Crippen molar-refractivity contribution in [2.24, 2.45) is 18.9 Å². The third-order valence-electron chi connectivity index (χ3n) is 11.8. The first-order valence-electron chi connectivity index (χ1n) is 17.2. The molecule has 0 N–H and O–H groups in total. The number of aromatic nitrogens is 4. The minimum absolute atomic E-state index is 0.316. The summed E-state index contributed by atoms with van der Waals surface area (Å²) in [6.45, 7) is 3.37. The molecule has 5 fully saturated rings. The molecule has 4 bridgehead atoms. The summed E-state index contributed by atoms with van der Waals surface area (Å²) in [6.07, 6.45) is 22.0. The van der Waals surface area contributed by atoms with Gasteiger partial charge in [0.05, 0.1) is 30.8 Å². The maximum absolute atomic E-state index is 6.06. The van der Waals surface area contributed by atoms with E-state index in [9.17, 15) is 0 Å². The van der Waals surface area contributed by atoms with E-state index in [-0.39, 0.29) is 0 Å². The molecule has 0 spiro atoms. The molecule has 0 unspecified atom stereocenters. The molecule has 2 aromatic heterocycles. The summed E-state index contributed by atoms with van der Waals surface area (Å²) in [4.78, 5) is 15.6. The van der Waals surface area contributed by atoms with Crippen molar-refractivity contribution < 1.29 is 4.74 Å². The number of hydrogen-bond acceptors (Lipinski definition) is 5. The molecule has 1 aromatic carbocycles. The van der Waals surface area contributed by atoms with Gasteiger partial charge in [0, 0.05) is 62.6 Å². The van der Waals surface area contributed by atoms with E-state index in [1.165, 1.54) is 88.4 Å². The second-order valence-corrected chi connectivity index (χ2v) is 14.4. The minimum Gasteiger partial charge on any atom is -0.378 e. The van der Waals surface area contributed by atoms with E-state index in [2.05, 4.69) is 61.4 Å². The molecule has 2 aliphatic carbocycles. The van der Waals surface area contributed by atoms with E-state index in [0.717, 1.165) is 74.0 Å². The topological polar surface area (TPSA) is 51.4 Å². The van der Waals surface area contributed by atoms with E-state index in [1.807, 2.05) is 6.20 Å². The highest BCUT2D eigenvalue weighted by atomic mass is 16.5. The van der Waals surface area contributed by atoms with Crippen LogP contribution in [0, 0.1) is 11.8 Å². The Bertz CT molecular complexity index is 1340. The van der Waals surface area contributed by atoms with Crippen molar-refractivity contribution in [3.05, 3.63) is 48.3 Å². The average molecular weight is 571 g/mol. The Morgan fingerprint density at radius 1 is 0.833 bits per heavy atom. The Kier molecular flexibility index (Phi) is 7.62. The van der Waals surface area contributed by atoms with Gasteiger partial charge in [-0.05, 0) is 68.9 Å². The van der Waals surface area contributed by atoms with Gasteiger partial charge in [0.25, 0.3) is 0 Å². The third kappa shape index (κ3) is 5.24. The summed E-state index contributed by atoms with van der Waals surface area (Å²) in [5.41, 5.74) is 2.49. The quantitative estimate of drug-likeness (QED) is 0.357. The van der Waals surface area contributed by atoms with Gasteiger partial charge in [0.2, 0.25) is 0 Å². The number of imidazole rings is 2. The second kappa shape index (κ2) is 11.7. The number of hydrogen-bond donors (Lipinski definition) is 0. The van der Waals surface area contributed by atoms with E-state index in [1.54, 1.807) is 0 Å². The summed E-state index contributed by atoms with van der Waals surface area (Å²) in [5.74, 6) is 4.37. The number of piperidine rings is 2. The maximum atomic E-state index is 6.06. The number of fused-ring (bicyclic) bond motifs is 5. The van der Waals surface area contributed by atoms with Crippen molar-refractivity contribution >= 4 is 11.0 Å². The molecule has 3 aromatic rings. The zero-order valence-electron chi connectivity index (χ0n) is 25.6. The highest BCUT2D eigenvalue weighted by molar-refractivity contribution is 5.76. The SMILES string of the molecule is Cn1ccnc1CN1CCOC[C@H]1Cc1nc2ccccc2n1[C@@H]1C[C@H]2CCC[C@@H](C1)N2[C@H]1C[C@@H]2CCCC[C@@H](C2)C1. The fourth-order valence-corrected chi connectivity index (χ4v) is 9.98. The number of nitrogens with zero attached hydrogens (tertiary/aromatic N) is 6. The fraction of sp³-hybridized carbons (Fsp3) is 0.714. The van der Waals surface area contributed by atoms with E-state index in [4.69, 9.17) is 9.72 Å². The number of morpholine rings is 1. The third-order valence-corrected chi connectivity index (χ3v) is 11.8. The van der Waals surface area contributed by atoms with Crippen LogP contribution in [0.1, 0.15) is 94.7 Å². The number of ether oxygens (including phenoxy) is 1. The van der Waals surface area contributed by atoms with Crippen LogP contribution in [0.3, 0.4) is 0 Å². The molecule has 5 aliphatic rings. The molecule has 226 valence electrons. The minimum atomic E-state index is 0.316. The molecule has 2 saturated carbocycles. The van der Waals surface area contributed by atoms with Crippen LogP contribution in [0.4, 0.5) is 0 Å². The van der Waals surface area contributed by atoms with Crippen molar-refractivity contribution in [1.29, 1.82) is 0 Å². The van der Waals surface area contributed by atoms with E-state index >= 15 is 0 Å². The van der Waals surface area contributed by atoms with Gasteiger partial charge in [-0.1, -0.05) is 44.2 Å². The smallest absolute Gasteiger partial charge is 0.122 e. The van der Waals surface area contributed by atoms with Crippen LogP contribution in [0.5, 0.6) is 0 Å². The molecule has 3 aliphatic heterocycles. The lowest BCUT2D eigenvalue weighted by Gasteiger charge is -2.54. The highest BCUT2D eigenvalue weighted by Crippen LogP contribution is 2.47. The summed E-state index contributed by atoms with van der Waals surface area (Å²) in [7, 11) is 2.10. The summed E-state index contributed by atoms with van der Waals surface area (Å²) < 4.78 is 10.9. The molecule has 8 rings (SSSR count). The Labute approximate surface area is 251 Å². The molecule has 5 heterocycles. The van der Waals surface area contributed by atoms with Crippen LogP contribution < -0.4 is 0 Å². The van der Waals surface area contributed by atoms with Gasteiger partial charge in [-0.25, -0.2) is 9.97 Å². The van der Waals surface area contributed by atoms with Crippen molar-refractivity contribution in [1.82, 2.24) is 28.9 Å². The van der Waals surface area contributed by atoms with Gasteiger partial charge < -0.3 is 13.9 Å². The Morgan fingerprint density at radius 2 is 1.62 bits per heavy atom. The summed E-state index contributed by atoms with van der Waals surface area (Å²) in [5, 5.41) is 0. The van der Waals surface area contributed by atoms with Gasteiger partial charge in [-0.15, -0.1) is 0 Å². The highest BCUT2D eigenvalue weighted by Gasteiger charge is 2.45. The van der Waals surface area contributed by atoms with Crippen LogP contribution in [0.15, 0.2) is 36.7 Å². The molecule has 7 atom stereocenters. The number of aryl methyl sites for hydroxylation is 1. The number of rotatable bonds is 6. The first-order valence-corrected chi connectivity index (χ1v) is 17.2. The first-order chi connectivity index (χ1) is 20.7. The largest absolute Gasteiger partial charge is 0.378 e. The van der Waals surface area contributed by atoms with Gasteiger partial charge in [-0.3, -0.25) is 9.80 Å². The zero-order chi connectivity index (χ0) is 28.0. The van der Waals surface area contributed by atoms with Crippen molar-refractivity contribution in [2.75, 3.05) is 19.8 Å². The second-order valence-electron chi connectivity index (χ2n) is 14.4. The van der Waals surface area contributed by atoms with Gasteiger partial charge in [-0.2, -0.15) is 0 Å². The lowest BCUT2D eigenvalue weighted by atomic mass is 9.73. The molecular weight excluding hydrogens is 520 g/mol. The van der Waals surface area contributed by atoms with Gasteiger partial charge in [0.15, 0.2) is 0 Å². The van der Waals surface area contributed by atoms with Crippen LogP contribution >= 0.6 is 0 Å². The molecule has 7 heteroatoms. The monoisotopic (exact) mass is 570 g/mol. The average Bonchev–Trinajstić information content (AvgIpc) is 3.52. The summed E-state index contributed by atoms with van der Waals surface area (Å²) >= 11 is 0. The number of benzene rings is 1. The van der Waals surface area contributed by atoms with Gasteiger partial charge in [0.1, 0.15) is 11.6 Å². The molecule has 42 heavy (non-hydrogen) atoms. The van der Waals surface area contributed by atoms with Crippen molar-refractivity contribution in [3.63, 3.8) is 0 Å². The molecular formula is C35H50N6O. The van der Waals surface area contributed by atoms with Crippen molar-refractivity contribution in [3.8, 4) is 0 Å². The lowest BCUT2D eigenvalue weighted by Crippen LogP contribution is -2.58. The van der Waals surface area contributed by atoms with Gasteiger partial charge >= 0.3 is 0 Å². The predicted octanol–water partition coefficient (Wildman–Crippen LogP) is 6.13. The summed E-state index contributed by atoms with van der Waals surface area (Å²) in [6, 6.07) is 12.1. The van der Waals surface area contributed by atoms with Crippen LogP contribution in [-0.2, 0) is 24.8 Å². The maximum Gasteiger partial charge on any atom is 0.122 e. The molecule has 0 amide bonds.